The van der Waals surface area contributed by atoms with Gasteiger partial charge in [-0.1, -0.05) is 0 Å². The normalized spacial score (nSPS) is 24.3. The summed E-state index contributed by atoms with van der Waals surface area (Å²) in [5, 5.41) is 7.83. The predicted molar refractivity (Wildman–Crippen MR) is 79.4 cm³/mol. The van der Waals surface area contributed by atoms with Crippen LogP contribution in [-0.4, -0.2) is 59.5 Å². The molecule has 0 aromatic carbocycles. The maximum atomic E-state index is 12.7. The Kier molecular flexibility index (Phi) is 4.26. The van der Waals surface area contributed by atoms with E-state index in [-0.39, 0.29) is 5.91 Å². The third-order valence-electron chi connectivity index (χ3n) is 4.47. The van der Waals surface area contributed by atoms with Crippen molar-refractivity contribution in [2.24, 2.45) is 0 Å². The molecule has 2 aliphatic heterocycles. The Bertz CT molecular complexity index is 508. The highest BCUT2D eigenvalue weighted by Gasteiger charge is 2.26. The van der Waals surface area contributed by atoms with Crippen LogP contribution in [0, 0.1) is 6.92 Å². The smallest absolute Gasteiger partial charge is 0.257 e. The lowest BCUT2D eigenvalue weighted by molar-refractivity contribution is 0.0654. The fourth-order valence-corrected chi connectivity index (χ4v) is 3.22. The van der Waals surface area contributed by atoms with Crippen LogP contribution in [0.4, 0.5) is 0 Å². The zero-order valence-electron chi connectivity index (χ0n) is 12.8. The van der Waals surface area contributed by atoms with Gasteiger partial charge in [-0.05, 0) is 26.7 Å². The van der Waals surface area contributed by atoms with Crippen molar-refractivity contribution >= 4 is 5.91 Å². The van der Waals surface area contributed by atoms with Crippen LogP contribution in [0.2, 0.25) is 0 Å². The zero-order valence-corrected chi connectivity index (χ0v) is 12.8. The van der Waals surface area contributed by atoms with Gasteiger partial charge in [0, 0.05) is 44.6 Å². The van der Waals surface area contributed by atoms with Crippen LogP contribution in [0.5, 0.6) is 0 Å². The van der Waals surface area contributed by atoms with Gasteiger partial charge in [0.15, 0.2) is 0 Å². The molecule has 0 spiro atoms. The molecule has 1 atom stereocenters. The standard InChI is InChI=1S/C15H24N4O2/c1-11-10-18(6-5-16-11)15(20)14-9-17-19(12(14)2)13-3-7-21-8-4-13/h9,11,13,16H,3-8,10H2,1-2H3/t11-/m1/s1. The zero-order chi connectivity index (χ0) is 14.8. The summed E-state index contributed by atoms with van der Waals surface area (Å²) in [4.78, 5) is 14.6. The minimum atomic E-state index is 0.110. The Morgan fingerprint density at radius 3 is 2.90 bits per heavy atom. The summed E-state index contributed by atoms with van der Waals surface area (Å²) in [6.07, 6.45) is 3.68. The number of carbonyl (C=O) groups excluding carboxylic acids is 1. The molecule has 0 saturated carbocycles. The Labute approximate surface area is 125 Å². The van der Waals surface area contributed by atoms with Gasteiger partial charge in [-0.3, -0.25) is 9.48 Å². The number of hydrogen-bond donors (Lipinski definition) is 1. The molecule has 0 aliphatic carbocycles. The number of rotatable bonds is 2. The Morgan fingerprint density at radius 1 is 1.43 bits per heavy atom. The highest BCUT2D eigenvalue weighted by atomic mass is 16.5. The average Bonchev–Trinajstić information content (AvgIpc) is 2.89. The maximum Gasteiger partial charge on any atom is 0.257 e. The van der Waals surface area contributed by atoms with Crippen LogP contribution in [0.25, 0.3) is 0 Å². The minimum Gasteiger partial charge on any atom is -0.381 e. The fraction of sp³-hybridized carbons (Fsp3) is 0.733. The third kappa shape index (κ3) is 2.96. The van der Waals surface area contributed by atoms with E-state index in [1.54, 1.807) is 6.20 Å². The van der Waals surface area contributed by atoms with Crippen molar-refractivity contribution in [1.82, 2.24) is 20.0 Å². The maximum absolute atomic E-state index is 12.7. The molecule has 1 aromatic heterocycles. The fourth-order valence-electron chi connectivity index (χ4n) is 3.22. The van der Waals surface area contributed by atoms with Crippen molar-refractivity contribution in [2.75, 3.05) is 32.8 Å². The molecule has 0 unspecified atom stereocenters. The van der Waals surface area contributed by atoms with E-state index in [1.807, 2.05) is 16.5 Å². The molecule has 21 heavy (non-hydrogen) atoms. The van der Waals surface area contributed by atoms with E-state index < -0.39 is 0 Å². The van der Waals surface area contributed by atoms with Crippen molar-refractivity contribution in [3.63, 3.8) is 0 Å². The van der Waals surface area contributed by atoms with E-state index >= 15 is 0 Å². The molecule has 2 fully saturated rings. The molecule has 0 radical (unpaired) electrons. The van der Waals surface area contributed by atoms with Crippen molar-refractivity contribution in [3.8, 4) is 0 Å². The molecule has 2 saturated heterocycles. The molecule has 116 valence electrons. The van der Waals surface area contributed by atoms with Gasteiger partial charge in [-0.2, -0.15) is 5.10 Å². The van der Waals surface area contributed by atoms with Crippen LogP contribution in [0.3, 0.4) is 0 Å². The second-order valence-corrected chi connectivity index (χ2v) is 6.04. The largest absolute Gasteiger partial charge is 0.381 e. The van der Waals surface area contributed by atoms with Gasteiger partial charge in [-0.15, -0.1) is 0 Å². The van der Waals surface area contributed by atoms with Crippen LogP contribution in [0.1, 0.15) is 41.9 Å². The first-order valence-electron chi connectivity index (χ1n) is 7.81. The molecule has 6 nitrogen and oxygen atoms in total. The molecule has 1 aromatic rings. The van der Waals surface area contributed by atoms with Gasteiger partial charge in [0.2, 0.25) is 0 Å². The number of piperazine rings is 1. The van der Waals surface area contributed by atoms with Gasteiger partial charge >= 0.3 is 0 Å². The number of aromatic nitrogens is 2. The summed E-state index contributed by atoms with van der Waals surface area (Å²) in [6.45, 7) is 8.07. The first-order chi connectivity index (χ1) is 10.2. The van der Waals surface area contributed by atoms with Crippen LogP contribution >= 0.6 is 0 Å². The average molecular weight is 292 g/mol. The summed E-state index contributed by atoms with van der Waals surface area (Å²) < 4.78 is 7.41. The van der Waals surface area contributed by atoms with Gasteiger partial charge in [0.25, 0.3) is 5.91 Å². The molecular weight excluding hydrogens is 268 g/mol. The van der Waals surface area contributed by atoms with Crippen molar-refractivity contribution in [3.05, 3.63) is 17.5 Å². The first kappa shape index (κ1) is 14.5. The van der Waals surface area contributed by atoms with Crippen molar-refractivity contribution in [2.45, 2.75) is 38.8 Å². The monoisotopic (exact) mass is 292 g/mol. The van der Waals surface area contributed by atoms with Crippen LogP contribution < -0.4 is 5.32 Å². The van der Waals surface area contributed by atoms with Gasteiger partial charge in [0.05, 0.1) is 17.8 Å². The number of nitrogens with zero attached hydrogens (tertiary/aromatic N) is 3. The SMILES string of the molecule is Cc1c(C(=O)N2CCN[C@H](C)C2)cnn1C1CCOCC1. The van der Waals surface area contributed by atoms with Crippen molar-refractivity contribution in [1.29, 1.82) is 0 Å². The van der Waals surface area contributed by atoms with E-state index in [2.05, 4.69) is 17.3 Å². The highest BCUT2D eigenvalue weighted by Crippen LogP contribution is 2.23. The number of nitrogens with one attached hydrogen (secondary N) is 1. The summed E-state index contributed by atoms with van der Waals surface area (Å²) >= 11 is 0. The molecule has 3 heterocycles. The summed E-state index contributed by atoms with van der Waals surface area (Å²) in [6, 6.07) is 0.718. The topological polar surface area (TPSA) is 59.4 Å². The van der Waals surface area contributed by atoms with Crippen LogP contribution in [-0.2, 0) is 4.74 Å². The molecule has 2 aliphatic rings. The molecule has 1 amide bonds. The lowest BCUT2D eigenvalue weighted by atomic mass is 10.1. The van der Waals surface area contributed by atoms with E-state index in [0.717, 1.165) is 56.9 Å². The number of hydrogen-bond acceptors (Lipinski definition) is 4. The van der Waals surface area contributed by atoms with Gasteiger partial charge < -0.3 is 15.0 Å². The Balaban J connectivity index is 1.76. The lowest BCUT2D eigenvalue weighted by Gasteiger charge is -2.32. The first-order valence-corrected chi connectivity index (χ1v) is 7.81. The Morgan fingerprint density at radius 2 is 2.19 bits per heavy atom. The van der Waals surface area contributed by atoms with Crippen molar-refractivity contribution < 1.29 is 9.53 Å². The number of amides is 1. The molecular formula is C15H24N4O2. The van der Waals surface area contributed by atoms with E-state index in [0.29, 0.717) is 12.1 Å². The number of carbonyl (C=O) groups is 1. The summed E-state index contributed by atoms with van der Waals surface area (Å²) in [5.74, 6) is 0.110. The van der Waals surface area contributed by atoms with Gasteiger partial charge in [0.1, 0.15) is 0 Å². The second-order valence-electron chi connectivity index (χ2n) is 6.04. The van der Waals surface area contributed by atoms with E-state index in [4.69, 9.17) is 4.74 Å². The lowest BCUT2D eigenvalue weighted by Crippen LogP contribution is -2.51. The summed E-state index contributed by atoms with van der Waals surface area (Å²) in [7, 11) is 0. The van der Waals surface area contributed by atoms with Crippen LogP contribution in [0.15, 0.2) is 6.20 Å². The quantitative estimate of drug-likeness (QED) is 0.882. The Hall–Kier alpha value is -1.40. The molecule has 3 rings (SSSR count). The van der Waals surface area contributed by atoms with Gasteiger partial charge in [-0.25, -0.2) is 0 Å². The third-order valence-corrected chi connectivity index (χ3v) is 4.47. The molecule has 1 N–H and O–H groups in total. The predicted octanol–water partition coefficient (Wildman–Crippen LogP) is 0.977. The highest BCUT2D eigenvalue weighted by molar-refractivity contribution is 5.95. The number of ether oxygens (including phenoxy) is 1. The molecule has 6 heteroatoms. The van der Waals surface area contributed by atoms with E-state index in [1.165, 1.54) is 0 Å². The minimum absolute atomic E-state index is 0.110. The second kappa shape index (κ2) is 6.15. The van der Waals surface area contributed by atoms with E-state index in [9.17, 15) is 4.79 Å². The summed E-state index contributed by atoms with van der Waals surface area (Å²) in [5.41, 5.74) is 1.73. The molecule has 0 bridgehead atoms.